The van der Waals surface area contributed by atoms with Gasteiger partial charge in [0.2, 0.25) is 0 Å². The van der Waals surface area contributed by atoms with Gasteiger partial charge in [0.05, 0.1) is 25.3 Å². The molecule has 0 aliphatic heterocycles. The minimum absolute atomic E-state index is 0.229. The van der Waals surface area contributed by atoms with Crippen LogP contribution in [-0.2, 0) is 4.74 Å². The molecule has 0 aliphatic carbocycles. The Morgan fingerprint density at radius 3 is 2.80 bits per heavy atom. The van der Waals surface area contributed by atoms with Crippen LogP contribution in [0, 0.1) is 0 Å². The summed E-state index contributed by atoms with van der Waals surface area (Å²) in [6.07, 6.45) is 0. The summed E-state index contributed by atoms with van der Waals surface area (Å²) in [6.45, 7) is 0. The van der Waals surface area contributed by atoms with E-state index in [-0.39, 0.29) is 10.4 Å². The molecular weight excluding hydrogens is 280 g/mol. The third kappa shape index (κ3) is 1.83. The summed E-state index contributed by atoms with van der Waals surface area (Å²) in [6, 6.07) is 6.52. The number of hydrogen-bond donors (Lipinski definition) is 0. The predicted octanol–water partition coefficient (Wildman–Crippen LogP) is 1.70. The van der Waals surface area contributed by atoms with Crippen molar-refractivity contribution < 1.29 is 14.3 Å². The molecule has 0 fully saturated rings. The van der Waals surface area contributed by atoms with E-state index in [1.54, 1.807) is 25.3 Å². The Kier molecular flexibility index (Phi) is 2.90. The Morgan fingerprint density at radius 1 is 1.30 bits per heavy atom. The van der Waals surface area contributed by atoms with Crippen LogP contribution < -0.4 is 10.3 Å². The summed E-state index contributed by atoms with van der Waals surface area (Å²) in [4.78, 5) is 28.7. The fourth-order valence-electron chi connectivity index (χ4n) is 1.95. The Bertz CT molecular complexity index is 881. The van der Waals surface area contributed by atoms with E-state index in [1.807, 2.05) is 0 Å². The van der Waals surface area contributed by atoms with Gasteiger partial charge in [-0.3, -0.25) is 9.20 Å². The van der Waals surface area contributed by atoms with E-state index in [2.05, 4.69) is 9.72 Å². The minimum atomic E-state index is -0.542. The van der Waals surface area contributed by atoms with Gasteiger partial charge in [0.25, 0.3) is 5.56 Å². The molecule has 2 aromatic heterocycles. The number of nitrogens with zero attached hydrogens (tertiary/aromatic N) is 2. The number of hydrogen-bond acceptors (Lipinski definition) is 6. The van der Waals surface area contributed by atoms with Gasteiger partial charge < -0.3 is 9.47 Å². The molecule has 102 valence electrons. The van der Waals surface area contributed by atoms with Crippen molar-refractivity contribution in [2.24, 2.45) is 0 Å². The molecule has 2 heterocycles. The molecule has 0 saturated heterocycles. The van der Waals surface area contributed by atoms with Crippen LogP contribution >= 0.6 is 11.3 Å². The van der Waals surface area contributed by atoms with Gasteiger partial charge in [-0.25, -0.2) is 9.78 Å². The average Bonchev–Trinajstić information content (AvgIpc) is 2.83. The second-order valence-electron chi connectivity index (χ2n) is 4.02. The summed E-state index contributed by atoms with van der Waals surface area (Å²) in [5.41, 5.74) is 1.00. The summed E-state index contributed by atoms with van der Waals surface area (Å²) in [7, 11) is 2.84. The van der Waals surface area contributed by atoms with Crippen molar-refractivity contribution in [3.05, 3.63) is 39.5 Å². The Morgan fingerprint density at radius 2 is 2.10 bits per heavy atom. The van der Waals surface area contributed by atoms with Crippen LogP contribution in [0.5, 0.6) is 5.75 Å². The minimum Gasteiger partial charge on any atom is -0.497 e. The number of esters is 1. The fraction of sp³-hybridized carbons (Fsp3) is 0.154. The molecule has 0 amide bonds. The quantitative estimate of drug-likeness (QED) is 0.672. The van der Waals surface area contributed by atoms with Gasteiger partial charge >= 0.3 is 5.97 Å². The van der Waals surface area contributed by atoms with E-state index in [0.29, 0.717) is 21.7 Å². The van der Waals surface area contributed by atoms with Gasteiger partial charge in [-0.15, -0.1) is 0 Å². The third-order valence-corrected chi connectivity index (χ3v) is 3.85. The predicted molar refractivity (Wildman–Crippen MR) is 74.7 cm³/mol. The van der Waals surface area contributed by atoms with E-state index in [9.17, 15) is 9.59 Å². The van der Waals surface area contributed by atoms with Crippen molar-refractivity contribution in [3.8, 4) is 5.75 Å². The molecule has 0 unspecified atom stereocenters. The first-order valence-electron chi connectivity index (χ1n) is 5.72. The van der Waals surface area contributed by atoms with Crippen molar-refractivity contribution in [3.63, 3.8) is 0 Å². The highest BCUT2D eigenvalue weighted by atomic mass is 32.1. The van der Waals surface area contributed by atoms with Crippen LogP contribution in [-0.4, -0.2) is 29.6 Å². The van der Waals surface area contributed by atoms with E-state index in [0.717, 1.165) is 11.3 Å². The van der Waals surface area contributed by atoms with E-state index < -0.39 is 5.97 Å². The maximum atomic E-state index is 12.1. The summed E-state index contributed by atoms with van der Waals surface area (Å²) in [5.74, 6) is 0.116. The van der Waals surface area contributed by atoms with Gasteiger partial charge in [0.1, 0.15) is 10.6 Å². The molecule has 1 aromatic carbocycles. The maximum Gasteiger partial charge on any atom is 0.348 e. The van der Waals surface area contributed by atoms with Gasteiger partial charge in [0.15, 0.2) is 4.96 Å². The first-order chi connectivity index (χ1) is 9.63. The first-order valence-corrected chi connectivity index (χ1v) is 6.54. The molecule has 7 heteroatoms. The van der Waals surface area contributed by atoms with Crippen molar-refractivity contribution >= 4 is 33.3 Å². The van der Waals surface area contributed by atoms with Crippen molar-refractivity contribution in [1.82, 2.24) is 9.38 Å². The summed E-state index contributed by atoms with van der Waals surface area (Å²) >= 11 is 1.11. The van der Waals surface area contributed by atoms with Crippen molar-refractivity contribution in [2.75, 3.05) is 14.2 Å². The lowest BCUT2D eigenvalue weighted by Crippen LogP contribution is -2.13. The zero-order chi connectivity index (χ0) is 14.3. The lowest BCUT2D eigenvalue weighted by Gasteiger charge is -1.99. The molecule has 0 radical (unpaired) electrons. The molecule has 0 bridgehead atoms. The smallest absolute Gasteiger partial charge is 0.348 e. The maximum absolute atomic E-state index is 12.1. The third-order valence-electron chi connectivity index (χ3n) is 2.89. The molecule has 0 saturated carbocycles. The van der Waals surface area contributed by atoms with Crippen LogP contribution in [0.15, 0.2) is 29.1 Å². The monoisotopic (exact) mass is 290 g/mol. The zero-order valence-electron chi connectivity index (χ0n) is 10.7. The second kappa shape index (κ2) is 4.61. The van der Waals surface area contributed by atoms with E-state index >= 15 is 0 Å². The molecule has 0 aliphatic rings. The lowest BCUT2D eigenvalue weighted by molar-refractivity contribution is 0.0606. The number of benzene rings is 1. The zero-order valence-corrected chi connectivity index (χ0v) is 11.6. The van der Waals surface area contributed by atoms with Crippen molar-refractivity contribution in [2.45, 2.75) is 0 Å². The highest BCUT2D eigenvalue weighted by Crippen LogP contribution is 2.23. The molecule has 3 rings (SSSR count). The Labute approximate surface area is 117 Å². The number of aromatic nitrogens is 2. The van der Waals surface area contributed by atoms with Gasteiger partial charge in [-0.2, -0.15) is 0 Å². The Balaban J connectivity index is 2.35. The molecule has 3 aromatic rings. The number of methoxy groups -OCH3 is 2. The topological polar surface area (TPSA) is 69.9 Å². The Hall–Kier alpha value is -2.41. The van der Waals surface area contributed by atoms with Gasteiger partial charge in [0, 0.05) is 12.1 Å². The van der Waals surface area contributed by atoms with Crippen molar-refractivity contribution in [1.29, 1.82) is 0 Å². The largest absolute Gasteiger partial charge is 0.497 e. The highest BCUT2D eigenvalue weighted by Gasteiger charge is 2.14. The molecular formula is C13H10N2O4S. The number of imidazole rings is 1. The van der Waals surface area contributed by atoms with Crippen LogP contribution in [0.1, 0.15) is 9.67 Å². The fourth-order valence-corrected chi connectivity index (χ4v) is 2.90. The van der Waals surface area contributed by atoms with E-state index in [4.69, 9.17) is 4.74 Å². The molecule has 0 atom stereocenters. The second-order valence-corrected chi connectivity index (χ2v) is 5.03. The SMILES string of the molecule is COC(=O)c1cc(=O)n2c(nc3cc(OC)ccc32)s1. The van der Waals surface area contributed by atoms with E-state index in [1.165, 1.54) is 17.6 Å². The van der Waals surface area contributed by atoms with Crippen LogP contribution in [0.3, 0.4) is 0 Å². The molecule has 20 heavy (non-hydrogen) atoms. The summed E-state index contributed by atoms with van der Waals surface area (Å²) in [5, 5.41) is 0. The number of carbonyl (C=O) groups is 1. The van der Waals surface area contributed by atoms with Crippen LogP contribution in [0.25, 0.3) is 16.0 Å². The number of fused-ring (bicyclic) bond motifs is 3. The number of carbonyl (C=O) groups excluding carboxylic acids is 1. The normalized spacial score (nSPS) is 10.9. The first kappa shape index (κ1) is 12.6. The number of ether oxygens (including phenoxy) is 2. The van der Waals surface area contributed by atoms with Crippen LogP contribution in [0.4, 0.5) is 0 Å². The average molecular weight is 290 g/mol. The molecule has 6 nitrogen and oxygen atoms in total. The lowest BCUT2D eigenvalue weighted by atomic mass is 10.3. The van der Waals surface area contributed by atoms with Crippen LogP contribution in [0.2, 0.25) is 0 Å². The molecule has 0 spiro atoms. The van der Waals surface area contributed by atoms with Gasteiger partial charge in [-0.05, 0) is 12.1 Å². The highest BCUT2D eigenvalue weighted by molar-refractivity contribution is 7.18. The molecule has 0 N–H and O–H groups in total. The van der Waals surface area contributed by atoms with Gasteiger partial charge in [-0.1, -0.05) is 11.3 Å². The number of rotatable bonds is 2. The standard InChI is InChI=1S/C13H10N2O4S/c1-18-7-3-4-9-8(5-7)14-13-15(9)11(16)6-10(20-13)12(17)19-2/h3-6H,1-2H3. The summed E-state index contributed by atoms with van der Waals surface area (Å²) < 4.78 is 11.2.